The van der Waals surface area contributed by atoms with Crippen molar-refractivity contribution in [2.24, 2.45) is 5.92 Å². The van der Waals surface area contributed by atoms with E-state index >= 15 is 0 Å². The first-order valence-corrected chi connectivity index (χ1v) is 14.9. The molecule has 3 fully saturated rings. The second-order valence-corrected chi connectivity index (χ2v) is 13.3. The zero-order valence-corrected chi connectivity index (χ0v) is 23.3. The van der Waals surface area contributed by atoms with E-state index in [2.05, 4.69) is 52.0 Å². The van der Waals surface area contributed by atoms with Crippen LogP contribution in [0.5, 0.6) is 11.5 Å². The lowest BCUT2D eigenvalue weighted by atomic mass is 9.67. The molecule has 0 aliphatic heterocycles. The van der Waals surface area contributed by atoms with Gasteiger partial charge in [0.1, 0.15) is 11.5 Å². The summed E-state index contributed by atoms with van der Waals surface area (Å²) in [4.78, 5) is 0. The van der Waals surface area contributed by atoms with Crippen molar-refractivity contribution < 1.29 is 10.2 Å². The van der Waals surface area contributed by atoms with Gasteiger partial charge >= 0.3 is 0 Å². The molecule has 36 heavy (non-hydrogen) atoms. The zero-order valence-electron chi connectivity index (χ0n) is 23.3. The van der Waals surface area contributed by atoms with Crippen LogP contribution in [0.4, 0.5) is 0 Å². The van der Waals surface area contributed by atoms with Gasteiger partial charge in [0.05, 0.1) is 0 Å². The van der Waals surface area contributed by atoms with Crippen LogP contribution in [0, 0.1) is 19.8 Å². The Balaban J connectivity index is 1.68. The van der Waals surface area contributed by atoms with Crippen molar-refractivity contribution in [3.05, 3.63) is 57.6 Å². The first-order valence-electron chi connectivity index (χ1n) is 14.9. The van der Waals surface area contributed by atoms with Gasteiger partial charge in [0.15, 0.2) is 0 Å². The van der Waals surface area contributed by atoms with E-state index < -0.39 is 0 Å². The molecule has 0 spiro atoms. The number of aromatic hydroxyl groups is 2. The molecule has 196 valence electrons. The molecule has 2 N–H and O–H groups in total. The number of benzene rings is 2. The van der Waals surface area contributed by atoms with Gasteiger partial charge in [0, 0.05) is 28.2 Å². The Labute approximate surface area is 219 Å². The molecule has 5 rings (SSSR count). The highest BCUT2D eigenvalue weighted by Crippen LogP contribution is 2.53. The largest absolute Gasteiger partial charge is 0.507 e. The Kier molecular flexibility index (Phi) is 7.18. The average Bonchev–Trinajstić information content (AvgIpc) is 3.38. The average molecular weight is 489 g/mol. The molecule has 0 saturated heterocycles. The van der Waals surface area contributed by atoms with E-state index in [1.54, 1.807) is 0 Å². The Hall–Kier alpha value is -1.96. The predicted octanol–water partition coefficient (Wildman–Crippen LogP) is 9.48. The molecule has 0 unspecified atom stereocenters. The third kappa shape index (κ3) is 4.70. The van der Waals surface area contributed by atoms with E-state index in [-0.39, 0.29) is 16.7 Å². The number of aryl methyl sites for hydroxylation is 2. The second-order valence-electron chi connectivity index (χ2n) is 13.3. The summed E-state index contributed by atoms with van der Waals surface area (Å²) in [5.74, 6) is 1.52. The van der Waals surface area contributed by atoms with Gasteiger partial charge in [-0.1, -0.05) is 101 Å². The lowest BCUT2D eigenvalue weighted by Gasteiger charge is -2.38. The van der Waals surface area contributed by atoms with E-state index in [1.807, 2.05) is 0 Å². The van der Waals surface area contributed by atoms with E-state index in [1.165, 1.54) is 75.3 Å². The van der Waals surface area contributed by atoms with E-state index in [0.29, 0.717) is 17.4 Å². The first-order chi connectivity index (χ1) is 17.2. The fraction of sp³-hybridized carbons (Fsp3) is 0.647. The monoisotopic (exact) mass is 488 g/mol. The Bertz CT molecular complexity index is 999. The quantitative estimate of drug-likeness (QED) is 0.440. The van der Waals surface area contributed by atoms with Crippen LogP contribution in [0.15, 0.2) is 24.3 Å². The molecular weight excluding hydrogens is 440 g/mol. The summed E-state index contributed by atoms with van der Waals surface area (Å²) in [6.07, 6.45) is 17.0. The van der Waals surface area contributed by atoms with Crippen LogP contribution >= 0.6 is 0 Å². The summed E-state index contributed by atoms with van der Waals surface area (Å²) >= 11 is 0. The highest BCUT2D eigenvalue weighted by molar-refractivity contribution is 5.57. The lowest BCUT2D eigenvalue weighted by molar-refractivity contribution is 0.304. The van der Waals surface area contributed by atoms with Crippen LogP contribution in [-0.4, -0.2) is 10.2 Å². The fourth-order valence-corrected chi connectivity index (χ4v) is 8.18. The number of phenols is 2. The van der Waals surface area contributed by atoms with E-state index in [0.717, 1.165) is 47.9 Å². The minimum atomic E-state index is 0.0404. The number of hydrogen-bond acceptors (Lipinski definition) is 2. The highest BCUT2D eigenvalue weighted by Gasteiger charge is 2.39. The molecule has 0 amide bonds. The maximum Gasteiger partial charge on any atom is 0.123 e. The van der Waals surface area contributed by atoms with Crippen LogP contribution < -0.4 is 0 Å². The van der Waals surface area contributed by atoms with Crippen molar-refractivity contribution in [3.8, 4) is 11.5 Å². The molecule has 3 aliphatic carbocycles. The minimum absolute atomic E-state index is 0.0404. The normalized spacial score (nSPS) is 22.2. The molecule has 0 bridgehead atoms. The van der Waals surface area contributed by atoms with Gasteiger partial charge in [-0.25, -0.2) is 0 Å². The molecule has 3 aliphatic rings. The van der Waals surface area contributed by atoms with Gasteiger partial charge in [-0.3, -0.25) is 0 Å². The van der Waals surface area contributed by atoms with Crippen LogP contribution in [0.25, 0.3) is 0 Å². The predicted molar refractivity (Wildman–Crippen MR) is 150 cm³/mol. The lowest BCUT2D eigenvalue weighted by Crippen LogP contribution is -2.27. The van der Waals surface area contributed by atoms with Gasteiger partial charge in [0.2, 0.25) is 0 Å². The van der Waals surface area contributed by atoms with Crippen LogP contribution in [0.1, 0.15) is 143 Å². The SMILES string of the molecule is Cc1cc(C(c2cc(C)cc(C3(C)CCCCC3)c2O)C2CCCC2)c(O)c(C2(C)CCCCC2)c1. The molecule has 2 heteroatoms. The molecule has 0 atom stereocenters. The van der Waals surface area contributed by atoms with Crippen molar-refractivity contribution >= 4 is 0 Å². The Morgan fingerprint density at radius 2 is 1.00 bits per heavy atom. The minimum Gasteiger partial charge on any atom is -0.507 e. The molecule has 0 radical (unpaired) electrons. The van der Waals surface area contributed by atoms with Crippen molar-refractivity contribution in [2.45, 2.75) is 134 Å². The van der Waals surface area contributed by atoms with Crippen LogP contribution in [0.2, 0.25) is 0 Å². The van der Waals surface area contributed by atoms with Crippen molar-refractivity contribution in [3.63, 3.8) is 0 Å². The Morgan fingerprint density at radius 3 is 1.39 bits per heavy atom. The fourth-order valence-electron chi connectivity index (χ4n) is 8.18. The van der Waals surface area contributed by atoms with E-state index in [9.17, 15) is 10.2 Å². The molecule has 3 saturated carbocycles. The van der Waals surface area contributed by atoms with E-state index in [4.69, 9.17) is 0 Å². The summed E-state index contributed by atoms with van der Waals surface area (Å²) in [7, 11) is 0. The molecule has 2 nitrogen and oxygen atoms in total. The summed E-state index contributed by atoms with van der Waals surface area (Å²) in [6, 6.07) is 8.97. The Morgan fingerprint density at radius 1 is 0.611 bits per heavy atom. The van der Waals surface area contributed by atoms with Crippen LogP contribution in [-0.2, 0) is 10.8 Å². The summed E-state index contributed by atoms with van der Waals surface area (Å²) in [6.45, 7) is 9.10. The zero-order chi connectivity index (χ0) is 25.5. The number of phenolic OH excluding ortho intramolecular Hbond substituents is 2. The third-order valence-electron chi connectivity index (χ3n) is 10.3. The summed E-state index contributed by atoms with van der Waals surface area (Å²) < 4.78 is 0. The maximum atomic E-state index is 12.0. The maximum absolute atomic E-state index is 12.0. The van der Waals surface area contributed by atoms with Gasteiger partial charge in [-0.15, -0.1) is 0 Å². The smallest absolute Gasteiger partial charge is 0.123 e. The van der Waals surface area contributed by atoms with Crippen molar-refractivity contribution in [2.75, 3.05) is 0 Å². The topological polar surface area (TPSA) is 40.5 Å². The van der Waals surface area contributed by atoms with Gasteiger partial charge in [-0.2, -0.15) is 0 Å². The molecule has 2 aromatic rings. The molecule has 0 heterocycles. The molecule has 0 aromatic heterocycles. The third-order valence-corrected chi connectivity index (χ3v) is 10.3. The second kappa shape index (κ2) is 10.1. The molecular formula is C34H48O2. The summed E-state index contributed by atoms with van der Waals surface area (Å²) in [5, 5.41) is 23.9. The van der Waals surface area contributed by atoms with Crippen LogP contribution in [0.3, 0.4) is 0 Å². The number of hydrogen-bond donors (Lipinski definition) is 2. The van der Waals surface area contributed by atoms with Gasteiger partial charge in [-0.05, 0) is 69.1 Å². The number of rotatable bonds is 5. The standard InChI is InChI=1S/C34H48O2/c1-23-19-26(31(35)28(21-23)33(3)15-9-5-10-16-33)30(25-13-7-8-14-25)27-20-24(2)22-29(32(27)36)34(4)17-11-6-12-18-34/h19-22,25,30,35-36H,5-18H2,1-4H3. The highest BCUT2D eigenvalue weighted by atomic mass is 16.3. The summed E-state index contributed by atoms with van der Waals surface area (Å²) in [5.41, 5.74) is 6.96. The van der Waals surface area contributed by atoms with Gasteiger partial charge in [0.25, 0.3) is 0 Å². The first kappa shape index (κ1) is 25.7. The molecule has 2 aromatic carbocycles. The van der Waals surface area contributed by atoms with Gasteiger partial charge < -0.3 is 10.2 Å². The van der Waals surface area contributed by atoms with Crippen molar-refractivity contribution in [1.82, 2.24) is 0 Å². The van der Waals surface area contributed by atoms with Crippen molar-refractivity contribution in [1.29, 1.82) is 0 Å².